The number of benzene rings is 1. The Morgan fingerprint density at radius 1 is 1.45 bits per heavy atom. The molecule has 0 aliphatic carbocycles. The summed E-state index contributed by atoms with van der Waals surface area (Å²) in [5.41, 5.74) is 1.31. The third-order valence-corrected chi connectivity index (χ3v) is 2.14. The predicted octanol–water partition coefficient (Wildman–Crippen LogP) is 2.23. The molecule has 0 saturated carbocycles. The number of rotatable bonds is 0. The van der Waals surface area contributed by atoms with Gasteiger partial charge in [-0.1, -0.05) is 15.9 Å². The zero-order valence-electron chi connectivity index (χ0n) is 8.14. The molecule has 0 radical (unpaired) electrons. The average Bonchev–Trinajstić information content (AvgIpc) is 2.33. The van der Waals surface area contributed by atoms with E-state index >= 15 is 0 Å². The summed E-state index contributed by atoms with van der Waals surface area (Å²) in [6.07, 6.45) is 1.05. The maximum Gasteiger partial charge on any atom is 2.00 e. The summed E-state index contributed by atoms with van der Waals surface area (Å²) < 4.78 is 6.47. The van der Waals surface area contributed by atoms with E-state index in [1.54, 1.807) is 0 Å². The molecule has 0 unspecified atom stereocenters. The van der Waals surface area contributed by atoms with Crippen LogP contribution >= 0.6 is 15.9 Å². The van der Waals surface area contributed by atoms with Crippen LogP contribution in [0.25, 0.3) is 0 Å². The molecule has 1 nitrogen and oxygen atoms in total. The normalized spacial score (nSPS) is 13.2. The van der Waals surface area contributed by atoms with Gasteiger partial charge in [0.05, 0.1) is 6.61 Å². The van der Waals surface area contributed by atoms with E-state index in [1.807, 2.05) is 12.1 Å². The second kappa shape index (κ2) is 3.78. The van der Waals surface area contributed by atoms with E-state index in [4.69, 9.17) is 4.74 Å². The molecule has 3 heteroatoms. The Balaban J connectivity index is 0. The molecule has 1 aliphatic rings. The third-order valence-electron chi connectivity index (χ3n) is 1.65. The Kier molecular flexibility index (Phi) is 3.22. The molecule has 56 valence electrons. The summed E-state index contributed by atoms with van der Waals surface area (Å²) >= 11 is 3.41. The fraction of sp³-hybridized carbons (Fsp3) is 0.250. The number of hydrogen-bond acceptors (Lipinski definition) is 1. The van der Waals surface area contributed by atoms with Crippen LogP contribution in [0, 0.1) is 0 Å². The third kappa shape index (κ3) is 1.89. The molecule has 1 aromatic rings. The zero-order valence-corrected chi connectivity index (χ0v) is 9.14. The maximum atomic E-state index is 5.33. The van der Waals surface area contributed by atoms with Gasteiger partial charge in [-0.3, -0.25) is 0 Å². The molecule has 0 saturated heterocycles. The summed E-state index contributed by atoms with van der Waals surface area (Å²) in [6.45, 7) is 0.839. The number of ether oxygens (including phenoxy) is 1. The van der Waals surface area contributed by atoms with Crippen LogP contribution in [0.5, 0.6) is 5.75 Å². The molecule has 0 spiro atoms. The van der Waals surface area contributed by atoms with Gasteiger partial charge in [0.2, 0.25) is 0 Å². The standard InChI is InChI=1S/C8H7BrO.Mg.2H/c9-7-1-2-8-6(5-7)3-4-10-8;;;/h1-2,5H,3-4H2;;;/q;+2;2*-1. The number of halogens is 1. The first-order chi connectivity index (χ1) is 4.86. The summed E-state index contributed by atoms with van der Waals surface area (Å²) in [4.78, 5) is 0. The van der Waals surface area contributed by atoms with Crippen LogP contribution in [0.1, 0.15) is 8.42 Å². The fourth-order valence-electron chi connectivity index (χ4n) is 1.16. The molecule has 0 N–H and O–H groups in total. The van der Waals surface area contributed by atoms with Gasteiger partial charge in [-0.25, -0.2) is 0 Å². The van der Waals surface area contributed by atoms with Gasteiger partial charge in [0.15, 0.2) is 0 Å². The molecule has 11 heavy (non-hydrogen) atoms. The van der Waals surface area contributed by atoms with Crippen LogP contribution in [-0.2, 0) is 6.42 Å². The first-order valence-corrected chi connectivity index (χ1v) is 4.07. The smallest absolute Gasteiger partial charge is 1.00 e. The van der Waals surface area contributed by atoms with E-state index in [9.17, 15) is 0 Å². The quantitative estimate of drug-likeness (QED) is 0.615. The van der Waals surface area contributed by atoms with Crippen LogP contribution in [0.2, 0.25) is 0 Å². The van der Waals surface area contributed by atoms with Crippen LogP contribution < -0.4 is 4.74 Å². The van der Waals surface area contributed by atoms with Crippen LogP contribution in [-0.4, -0.2) is 29.7 Å². The minimum absolute atomic E-state index is 0. The Morgan fingerprint density at radius 2 is 2.27 bits per heavy atom. The van der Waals surface area contributed by atoms with Crippen molar-refractivity contribution < 1.29 is 7.59 Å². The van der Waals surface area contributed by atoms with Gasteiger partial charge >= 0.3 is 23.1 Å². The van der Waals surface area contributed by atoms with Crippen molar-refractivity contribution in [2.75, 3.05) is 6.61 Å². The zero-order chi connectivity index (χ0) is 6.97. The van der Waals surface area contributed by atoms with E-state index in [0.717, 1.165) is 23.2 Å². The summed E-state index contributed by atoms with van der Waals surface area (Å²) in [7, 11) is 0. The van der Waals surface area contributed by atoms with Crippen LogP contribution in [0.3, 0.4) is 0 Å². The topological polar surface area (TPSA) is 9.23 Å². The van der Waals surface area contributed by atoms with Crippen molar-refractivity contribution >= 4 is 39.0 Å². The predicted molar refractivity (Wildman–Crippen MR) is 51.3 cm³/mol. The van der Waals surface area contributed by atoms with E-state index in [2.05, 4.69) is 22.0 Å². The van der Waals surface area contributed by atoms with E-state index < -0.39 is 0 Å². The van der Waals surface area contributed by atoms with E-state index in [0.29, 0.717) is 0 Å². The van der Waals surface area contributed by atoms with Crippen molar-refractivity contribution in [1.29, 1.82) is 0 Å². The maximum absolute atomic E-state index is 5.33. The molecule has 1 heterocycles. The molecular formula is C8H9BrMgO. The molecule has 0 atom stereocenters. The number of hydrogen-bond donors (Lipinski definition) is 0. The fourth-order valence-corrected chi connectivity index (χ4v) is 1.56. The SMILES string of the molecule is Brc1ccc2c(c1)CCO2.[H-].[H-].[Mg+2]. The van der Waals surface area contributed by atoms with Gasteiger partial charge in [0.25, 0.3) is 0 Å². The average molecular weight is 225 g/mol. The van der Waals surface area contributed by atoms with E-state index in [1.165, 1.54) is 5.56 Å². The molecular weight excluding hydrogens is 216 g/mol. The van der Waals surface area contributed by atoms with Crippen molar-refractivity contribution in [2.45, 2.75) is 6.42 Å². The molecule has 2 rings (SSSR count). The largest absolute Gasteiger partial charge is 2.00 e. The van der Waals surface area contributed by atoms with Crippen molar-refractivity contribution in [2.24, 2.45) is 0 Å². The second-order valence-corrected chi connectivity index (χ2v) is 3.27. The minimum atomic E-state index is 0. The van der Waals surface area contributed by atoms with Crippen molar-refractivity contribution in [3.8, 4) is 5.75 Å². The summed E-state index contributed by atoms with van der Waals surface area (Å²) in [5, 5.41) is 0. The molecule has 0 aromatic heterocycles. The van der Waals surface area contributed by atoms with Gasteiger partial charge in [0, 0.05) is 10.9 Å². The van der Waals surface area contributed by atoms with Gasteiger partial charge in [-0.05, 0) is 23.8 Å². The summed E-state index contributed by atoms with van der Waals surface area (Å²) in [5.74, 6) is 1.04. The number of fused-ring (bicyclic) bond motifs is 1. The van der Waals surface area contributed by atoms with Crippen molar-refractivity contribution in [1.82, 2.24) is 0 Å². The van der Waals surface area contributed by atoms with Gasteiger partial charge in [-0.2, -0.15) is 0 Å². The first-order valence-electron chi connectivity index (χ1n) is 3.27. The molecule has 0 fully saturated rings. The van der Waals surface area contributed by atoms with E-state index in [-0.39, 0.29) is 25.9 Å². The minimum Gasteiger partial charge on any atom is -1.00 e. The Labute approximate surface area is 93.4 Å². The van der Waals surface area contributed by atoms with Gasteiger partial charge in [0.1, 0.15) is 5.75 Å². The molecule has 0 bridgehead atoms. The molecule has 0 amide bonds. The van der Waals surface area contributed by atoms with Gasteiger partial charge < -0.3 is 7.59 Å². The van der Waals surface area contributed by atoms with Crippen molar-refractivity contribution in [3.63, 3.8) is 0 Å². The Bertz CT molecular complexity index is 270. The van der Waals surface area contributed by atoms with Crippen LogP contribution in [0.4, 0.5) is 0 Å². The molecule has 1 aromatic carbocycles. The Hall–Kier alpha value is 0.266. The van der Waals surface area contributed by atoms with Crippen LogP contribution in [0.15, 0.2) is 22.7 Å². The first kappa shape index (κ1) is 9.35. The monoisotopic (exact) mass is 224 g/mol. The Morgan fingerprint density at radius 3 is 3.09 bits per heavy atom. The molecule has 1 aliphatic heterocycles. The second-order valence-electron chi connectivity index (χ2n) is 2.35. The summed E-state index contributed by atoms with van der Waals surface area (Å²) in [6, 6.07) is 6.12. The van der Waals surface area contributed by atoms with Gasteiger partial charge in [-0.15, -0.1) is 0 Å². The van der Waals surface area contributed by atoms with Crippen molar-refractivity contribution in [3.05, 3.63) is 28.2 Å².